The van der Waals surface area contributed by atoms with Crippen LogP contribution in [-0.2, 0) is 30.5 Å². The van der Waals surface area contributed by atoms with Crippen molar-refractivity contribution in [2.24, 2.45) is 0 Å². The second-order valence-electron chi connectivity index (χ2n) is 6.90. The molecule has 0 atom stereocenters. The fourth-order valence-corrected chi connectivity index (χ4v) is 4.83. The first-order valence-electron chi connectivity index (χ1n) is 9.50. The molecular weight excluding hydrogens is 360 g/mol. The van der Waals surface area contributed by atoms with Crippen LogP contribution in [0.3, 0.4) is 0 Å². The maximum atomic E-state index is 5.39. The van der Waals surface area contributed by atoms with E-state index >= 15 is 0 Å². The molecule has 0 amide bonds. The molecule has 0 radical (unpaired) electrons. The molecule has 7 nitrogen and oxygen atoms in total. The summed E-state index contributed by atoms with van der Waals surface area (Å²) in [6.45, 7) is 4.01. The Hall–Kier alpha value is -2.32. The van der Waals surface area contributed by atoms with E-state index in [-0.39, 0.29) is 0 Å². The Morgan fingerprint density at radius 1 is 1.07 bits per heavy atom. The zero-order valence-corrected chi connectivity index (χ0v) is 16.0. The minimum atomic E-state index is 0.732. The van der Waals surface area contributed by atoms with Crippen molar-refractivity contribution < 1.29 is 4.74 Å². The molecule has 1 aliphatic heterocycles. The van der Waals surface area contributed by atoms with Gasteiger partial charge in [0.05, 0.1) is 29.5 Å². The lowest BCUT2D eigenvalue weighted by Gasteiger charge is -2.26. The van der Waals surface area contributed by atoms with E-state index in [1.54, 1.807) is 0 Å². The predicted molar refractivity (Wildman–Crippen MR) is 104 cm³/mol. The summed E-state index contributed by atoms with van der Waals surface area (Å²) in [5, 5.41) is 1.23. The molecule has 0 spiro atoms. The first-order chi connectivity index (χ1) is 13.4. The molecule has 0 N–H and O–H groups in total. The van der Waals surface area contributed by atoms with E-state index in [9.17, 15) is 0 Å². The lowest BCUT2D eigenvalue weighted by Crippen LogP contribution is -2.37. The molecule has 1 fully saturated rings. The van der Waals surface area contributed by atoms with Gasteiger partial charge in [-0.2, -0.15) is 0 Å². The van der Waals surface area contributed by atoms with Gasteiger partial charge in [0.25, 0.3) is 0 Å². The molecule has 3 aromatic rings. The van der Waals surface area contributed by atoms with Crippen LogP contribution < -0.4 is 4.90 Å². The van der Waals surface area contributed by atoms with E-state index < -0.39 is 0 Å². The van der Waals surface area contributed by atoms with E-state index in [2.05, 4.69) is 24.4 Å². The highest BCUT2D eigenvalue weighted by atomic mass is 32.1. The molecule has 1 aliphatic carbocycles. The lowest BCUT2D eigenvalue weighted by molar-refractivity contribution is 0.122. The van der Waals surface area contributed by atoms with Gasteiger partial charge in [-0.05, 0) is 19.3 Å². The summed E-state index contributed by atoms with van der Waals surface area (Å²) in [6.07, 6.45) is 12.2. The first-order valence-corrected chi connectivity index (χ1v) is 10.3. The highest BCUT2D eigenvalue weighted by molar-refractivity contribution is 7.11. The minimum absolute atomic E-state index is 0.732. The van der Waals surface area contributed by atoms with Crippen LogP contribution in [-0.4, -0.2) is 50.8 Å². The van der Waals surface area contributed by atoms with Crippen LogP contribution in [0.5, 0.6) is 0 Å². The van der Waals surface area contributed by atoms with E-state index in [0.717, 1.165) is 63.0 Å². The Morgan fingerprint density at radius 2 is 1.93 bits per heavy atom. The smallest absolute Gasteiger partial charge is 0.225 e. The van der Waals surface area contributed by atoms with Crippen molar-refractivity contribution in [2.75, 3.05) is 31.2 Å². The van der Waals surface area contributed by atoms with E-state index in [4.69, 9.17) is 9.72 Å². The zero-order chi connectivity index (χ0) is 18.1. The number of anilines is 1. The number of imidazole rings is 1. The molecule has 0 unspecified atom stereocenters. The molecule has 2 aliphatic rings. The van der Waals surface area contributed by atoms with Crippen LogP contribution in [0, 0.1) is 0 Å². The summed E-state index contributed by atoms with van der Waals surface area (Å²) in [7, 11) is 0. The van der Waals surface area contributed by atoms with Crippen molar-refractivity contribution >= 4 is 17.3 Å². The van der Waals surface area contributed by atoms with Crippen LogP contribution >= 0.6 is 11.3 Å². The van der Waals surface area contributed by atoms with Crippen molar-refractivity contribution in [3.8, 4) is 11.4 Å². The number of nitrogens with zero attached hydrogens (tertiary/aromatic N) is 6. The van der Waals surface area contributed by atoms with Crippen LogP contribution in [0.1, 0.15) is 22.0 Å². The van der Waals surface area contributed by atoms with Gasteiger partial charge in [-0.3, -0.25) is 0 Å². The summed E-state index contributed by atoms with van der Waals surface area (Å²) in [5.41, 5.74) is 2.27. The minimum Gasteiger partial charge on any atom is -0.378 e. The second kappa shape index (κ2) is 7.36. The summed E-state index contributed by atoms with van der Waals surface area (Å²) >= 11 is 1.88. The van der Waals surface area contributed by atoms with Crippen molar-refractivity contribution in [1.82, 2.24) is 24.5 Å². The Balaban J connectivity index is 1.29. The van der Waals surface area contributed by atoms with E-state index in [0.29, 0.717) is 0 Å². The summed E-state index contributed by atoms with van der Waals surface area (Å²) in [5.74, 6) is 1.67. The van der Waals surface area contributed by atoms with E-state index in [1.807, 2.05) is 36.1 Å². The normalized spacial score (nSPS) is 16.7. The van der Waals surface area contributed by atoms with Gasteiger partial charge in [0.15, 0.2) is 0 Å². The average molecular weight is 382 g/mol. The van der Waals surface area contributed by atoms with Gasteiger partial charge in [0.2, 0.25) is 5.95 Å². The van der Waals surface area contributed by atoms with Gasteiger partial charge in [0, 0.05) is 55.7 Å². The number of hydrogen-bond acceptors (Lipinski definition) is 7. The molecule has 0 bridgehead atoms. The monoisotopic (exact) mass is 382 g/mol. The highest BCUT2D eigenvalue weighted by Crippen LogP contribution is 2.28. The molecule has 5 rings (SSSR count). The molecular formula is C19H22N6OS. The number of rotatable bonds is 5. The molecule has 140 valence electrons. The van der Waals surface area contributed by atoms with Crippen LogP contribution in [0.4, 0.5) is 5.95 Å². The average Bonchev–Trinajstić information content (AvgIpc) is 3.43. The van der Waals surface area contributed by atoms with Crippen LogP contribution in [0.2, 0.25) is 0 Å². The van der Waals surface area contributed by atoms with Crippen molar-refractivity contribution in [3.63, 3.8) is 0 Å². The SMILES string of the molecule is c1cn(CCc2nc3c(s2)CCC3)c(-c2cnc(N3CCOCC3)nc2)n1. The third-order valence-corrected chi connectivity index (χ3v) is 6.33. The molecule has 4 heterocycles. The third-order valence-electron chi connectivity index (χ3n) is 5.11. The standard InChI is InChI=1S/C19H22N6OS/c1-2-15-16(3-1)27-17(23-15)4-6-24-7-5-20-18(24)14-12-21-19(22-13-14)25-8-10-26-11-9-25/h5,7,12-13H,1-4,6,8-11H2. The molecule has 1 saturated heterocycles. The van der Waals surface area contributed by atoms with Crippen LogP contribution in [0.25, 0.3) is 11.4 Å². The third kappa shape index (κ3) is 3.46. The number of hydrogen-bond donors (Lipinski definition) is 0. The lowest BCUT2D eigenvalue weighted by atomic mass is 10.3. The Labute approximate surface area is 162 Å². The molecule has 0 aromatic carbocycles. The summed E-state index contributed by atoms with van der Waals surface area (Å²) in [6, 6.07) is 0. The van der Waals surface area contributed by atoms with Crippen molar-refractivity contribution in [1.29, 1.82) is 0 Å². The summed E-state index contributed by atoms with van der Waals surface area (Å²) < 4.78 is 7.55. The van der Waals surface area contributed by atoms with Crippen molar-refractivity contribution in [3.05, 3.63) is 40.4 Å². The fraction of sp³-hybridized carbons (Fsp3) is 0.474. The van der Waals surface area contributed by atoms with Gasteiger partial charge in [-0.1, -0.05) is 0 Å². The first kappa shape index (κ1) is 16.8. The molecule has 0 saturated carbocycles. The largest absolute Gasteiger partial charge is 0.378 e. The van der Waals surface area contributed by atoms with Crippen molar-refractivity contribution in [2.45, 2.75) is 32.2 Å². The molecule has 27 heavy (non-hydrogen) atoms. The van der Waals surface area contributed by atoms with Gasteiger partial charge in [0.1, 0.15) is 5.82 Å². The maximum absolute atomic E-state index is 5.39. The van der Waals surface area contributed by atoms with Crippen LogP contribution in [0.15, 0.2) is 24.8 Å². The summed E-state index contributed by atoms with van der Waals surface area (Å²) in [4.78, 5) is 22.1. The van der Waals surface area contributed by atoms with Gasteiger partial charge in [-0.25, -0.2) is 19.9 Å². The topological polar surface area (TPSA) is 69.0 Å². The number of aromatic nitrogens is 5. The number of morpholine rings is 1. The number of aryl methyl sites for hydroxylation is 4. The highest BCUT2D eigenvalue weighted by Gasteiger charge is 2.17. The van der Waals surface area contributed by atoms with E-state index in [1.165, 1.54) is 28.4 Å². The Bertz CT molecular complexity index is 891. The Morgan fingerprint density at radius 3 is 2.74 bits per heavy atom. The molecule has 3 aromatic heterocycles. The number of thiazole rings is 1. The maximum Gasteiger partial charge on any atom is 0.225 e. The second-order valence-corrected chi connectivity index (χ2v) is 8.06. The molecule has 8 heteroatoms. The quantitative estimate of drug-likeness (QED) is 0.675. The predicted octanol–water partition coefficient (Wildman–Crippen LogP) is 2.36. The number of ether oxygens (including phenoxy) is 1. The Kier molecular flexibility index (Phi) is 4.59. The fourth-order valence-electron chi connectivity index (χ4n) is 3.68. The van der Waals surface area contributed by atoms with Gasteiger partial charge in [-0.15, -0.1) is 11.3 Å². The zero-order valence-electron chi connectivity index (χ0n) is 15.2. The van der Waals surface area contributed by atoms with Gasteiger partial charge < -0.3 is 14.2 Å². The van der Waals surface area contributed by atoms with Gasteiger partial charge >= 0.3 is 0 Å². The number of fused-ring (bicyclic) bond motifs is 1.